The largest absolute Gasteiger partial charge is 0.444 e. The molecule has 2 aliphatic heterocycles. The van der Waals surface area contributed by atoms with E-state index in [9.17, 15) is 9.90 Å². The molecular weight excluding hydrogens is 218 g/mol. The Morgan fingerprint density at radius 3 is 2.59 bits per heavy atom. The summed E-state index contributed by atoms with van der Waals surface area (Å²) < 4.78 is 5.44. The van der Waals surface area contributed by atoms with Crippen LogP contribution in [0.15, 0.2) is 0 Å². The molecule has 0 saturated carbocycles. The third kappa shape index (κ3) is 2.73. The Morgan fingerprint density at radius 2 is 1.94 bits per heavy atom. The molecule has 2 fully saturated rings. The van der Waals surface area contributed by atoms with E-state index in [0.717, 1.165) is 32.1 Å². The molecule has 0 spiro atoms. The first-order valence-electron chi connectivity index (χ1n) is 6.58. The molecule has 17 heavy (non-hydrogen) atoms. The third-order valence-corrected chi connectivity index (χ3v) is 3.63. The fraction of sp³-hybridized carbons (Fsp3) is 0.923. The zero-order chi connectivity index (χ0) is 12.6. The summed E-state index contributed by atoms with van der Waals surface area (Å²) in [6.45, 7) is 5.63. The van der Waals surface area contributed by atoms with Crippen molar-refractivity contribution >= 4 is 6.09 Å². The van der Waals surface area contributed by atoms with Crippen molar-refractivity contribution in [2.75, 3.05) is 0 Å². The minimum absolute atomic E-state index is 0.0302. The maximum atomic E-state index is 12.2. The first-order valence-corrected chi connectivity index (χ1v) is 6.58. The van der Waals surface area contributed by atoms with E-state index in [1.807, 2.05) is 20.8 Å². The second kappa shape index (κ2) is 4.48. The molecule has 2 heterocycles. The van der Waals surface area contributed by atoms with Crippen molar-refractivity contribution in [1.29, 1.82) is 0 Å². The van der Waals surface area contributed by atoms with Crippen LogP contribution in [0.2, 0.25) is 0 Å². The second-order valence-electron chi connectivity index (χ2n) is 6.18. The average molecular weight is 241 g/mol. The Kier molecular flexibility index (Phi) is 3.34. The van der Waals surface area contributed by atoms with Gasteiger partial charge in [-0.2, -0.15) is 0 Å². The Balaban J connectivity index is 2.10. The molecule has 4 heteroatoms. The number of nitrogens with zero attached hydrogens (tertiary/aromatic N) is 1. The van der Waals surface area contributed by atoms with Crippen LogP contribution in [-0.4, -0.2) is 39.9 Å². The van der Waals surface area contributed by atoms with Crippen molar-refractivity contribution in [1.82, 2.24) is 4.90 Å². The Labute approximate surface area is 103 Å². The summed E-state index contributed by atoms with van der Waals surface area (Å²) in [5, 5.41) is 9.99. The van der Waals surface area contributed by atoms with Gasteiger partial charge in [-0.25, -0.2) is 4.79 Å². The quantitative estimate of drug-likeness (QED) is 0.708. The van der Waals surface area contributed by atoms with Gasteiger partial charge in [-0.05, 0) is 52.9 Å². The Morgan fingerprint density at radius 1 is 1.24 bits per heavy atom. The molecule has 1 amide bonds. The molecule has 0 aromatic heterocycles. The van der Waals surface area contributed by atoms with E-state index < -0.39 is 5.60 Å². The highest BCUT2D eigenvalue weighted by Gasteiger charge is 2.43. The van der Waals surface area contributed by atoms with Crippen LogP contribution in [0.3, 0.4) is 0 Å². The standard InChI is InChI=1S/C13H23NO3/c1-13(2,3)17-12(16)14-9-5-4-6-10(14)11(15)8-7-9/h9-11,15H,4-8H2,1-3H3/t9-,10+,11+/m0/s1. The van der Waals surface area contributed by atoms with Crippen LogP contribution < -0.4 is 0 Å². The van der Waals surface area contributed by atoms with Gasteiger partial charge in [-0.1, -0.05) is 0 Å². The van der Waals surface area contributed by atoms with Gasteiger partial charge in [-0.15, -0.1) is 0 Å². The summed E-state index contributed by atoms with van der Waals surface area (Å²) in [5.41, 5.74) is -0.465. The number of hydrogen-bond donors (Lipinski definition) is 1. The maximum absolute atomic E-state index is 12.2. The number of ether oxygens (including phenoxy) is 1. The van der Waals surface area contributed by atoms with Crippen molar-refractivity contribution in [3.8, 4) is 0 Å². The van der Waals surface area contributed by atoms with Gasteiger partial charge in [0, 0.05) is 6.04 Å². The van der Waals surface area contributed by atoms with Gasteiger partial charge in [0.25, 0.3) is 0 Å². The molecular formula is C13H23NO3. The molecule has 1 N–H and O–H groups in total. The minimum Gasteiger partial charge on any atom is -0.444 e. The van der Waals surface area contributed by atoms with Crippen LogP contribution in [0.4, 0.5) is 4.79 Å². The van der Waals surface area contributed by atoms with Crippen molar-refractivity contribution in [3.05, 3.63) is 0 Å². The van der Waals surface area contributed by atoms with Gasteiger partial charge in [-0.3, -0.25) is 4.90 Å². The summed E-state index contributed by atoms with van der Waals surface area (Å²) in [7, 11) is 0. The molecule has 2 saturated heterocycles. The van der Waals surface area contributed by atoms with Crippen molar-refractivity contribution in [2.24, 2.45) is 0 Å². The number of carbonyl (C=O) groups is 1. The van der Waals surface area contributed by atoms with Crippen LogP contribution >= 0.6 is 0 Å². The number of rotatable bonds is 0. The van der Waals surface area contributed by atoms with Crippen LogP contribution in [0.25, 0.3) is 0 Å². The number of hydrogen-bond acceptors (Lipinski definition) is 3. The van der Waals surface area contributed by atoms with E-state index >= 15 is 0 Å². The lowest BCUT2D eigenvalue weighted by Gasteiger charge is -2.48. The molecule has 4 nitrogen and oxygen atoms in total. The number of aliphatic hydroxyl groups is 1. The Bertz CT molecular complexity index is 298. The summed E-state index contributed by atoms with van der Waals surface area (Å²) in [6.07, 6.45) is 4.13. The second-order valence-corrected chi connectivity index (χ2v) is 6.18. The van der Waals surface area contributed by atoms with E-state index in [2.05, 4.69) is 0 Å². The SMILES string of the molecule is CC(C)(C)OC(=O)N1[C@H]2CCC[C@@H]1[C@H](O)CC2. The maximum Gasteiger partial charge on any atom is 0.410 e. The van der Waals surface area contributed by atoms with Gasteiger partial charge >= 0.3 is 6.09 Å². The predicted octanol–water partition coefficient (Wildman–Crippen LogP) is 2.30. The number of amides is 1. The molecule has 3 atom stereocenters. The zero-order valence-electron chi connectivity index (χ0n) is 11.0. The van der Waals surface area contributed by atoms with Gasteiger partial charge in [0.05, 0.1) is 12.1 Å². The average Bonchev–Trinajstić information content (AvgIpc) is 2.21. The molecule has 0 aromatic carbocycles. The van der Waals surface area contributed by atoms with E-state index in [-0.39, 0.29) is 24.3 Å². The van der Waals surface area contributed by atoms with Crippen molar-refractivity contribution < 1.29 is 14.6 Å². The third-order valence-electron chi connectivity index (χ3n) is 3.63. The van der Waals surface area contributed by atoms with Crippen molar-refractivity contribution in [3.63, 3.8) is 0 Å². The number of carbonyl (C=O) groups excluding carboxylic acids is 1. The molecule has 98 valence electrons. The molecule has 2 rings (SSSR count). The lowest BCUT2D eigenvalue weighted by molar-refractivity contribution is -0.0605. The lowest BCUT2D eigenvalue weighted by Crippen LogP contribution is -2.59. The molecule has 0 aliphatic carbocycles. The summed E-state index contributed by atoms with van der Waals surface area (Å²) in [6, 6.07) is 0.240. The minimum atomic E-state index is -0.465. The van der Waals surface area contributed by atoms with E-state index in [1.54, 1.807) is 4.90 Å². The monoisotopic (exact) mass is 241 g/mol. The van der Waals surface area contributed by atoms with E-state index in [0.29, 0.717) is 0 Å². The molecule has 2 aliphatic rings. The van der Waals surface area contributed by atoms with Gasteiger partial charge in [0.2, 0.25) is 0 Å². The fourth-order valence-corrected chi connectivity index (χ4v) is 2.93. The Hall–Kier alpha value is -0.770. The van der Waals surface area contributed by atoms with Gasteiger partial charge in [0.1, 0.15) is 5.60 Å². The highest BCUT2D eigenvalue weighted by Crippen LogP contribution is 2.35. The highest BCUT2D eigenvalue weighted by atomic mass is 16.6. The smallest absolute Gasteiger partial charge is 0.410 e. The lowest BCUT2D eigenvalue weighted by atomic mass is 9.83. The molecule has 0 radical (unpaired) electrons. The fourth-order valence-electron chi connectivity index (χ4n) is 2.93. The van der Waals surface area contributed by atoms with Gasteiger partial charge in [0.15, 0.2) is 0 Å². The van der Waals surface area contributed by atoms with E-state index in [4.69, 9.17) is 4.74 Å². The normalized spacial score (nSPS) is 33.4. The number of piperidine rings is 2. The highest BCUT2D eigenvalue weighted by molar-refractivity contribution is 5.69. The van der Waals surface area contributed by atoms with E-state index in [1.165, 1.54) is 0 Å². The molecule has 2 bridgehead atoms. The van der Waals surface area contributed by atoms with Crippen LogP contribution in [0, 0.1) is 0 Å². The van der Waals surface area contributed by atoms with Crippen LogP contribution in [-0.2, 0) is 4.74 Å². The molecule has 0 aromatic rings. The number of aliphatic hydroxyl groups excluding tert-OH is 1. The van der Waals surface area contributed by atoms with Crippen molar-refractivity contribution in [2.45, 2.75) is 76.7 Å². The zero-order valence-corrected chi connectivity index (χ0v) is 11.0. The molecule has 0 unspecified atom stereocenters. The first-order chi connectivity index (χ1) is 7.88. The van der Waals surface area contributed by atoms with Crippen LogP contribution in [0.5, 0.6) is 0 Å². The van der Waals surface area contributed by atoms with Crippen LogP contribution in [0.1, 0.15) is 52.9 Å². The summed E-state index contributed by atoms with van der Waals surface area (Å²) >= 11 is 0. The topological polar surface area (TPSA) is 49.8 Å². The number of fused-ring (bicyclic) bond motifs is 2. The first kappa shape index (κ1) is 12.7. The summed E-state index contributed by atoms with van der Waals surface area (Å²) in [5.74, 6) is 0. The van der Waals surface area contributed by atoms with Gasteiger partial charge < -0.3 is 9.84 Å². The predicted molar refractivity (Wildman–Crippen MR) is 64.7 cm³/mol. The summed E-state index contributed by atoms with van der Waals surface area (Å²) in [4.78, 5) is 14.0.